The smallest absolute Gasteiger partial charge is 0.251 e. The summed E-state index contributed by atoms with van der Waals surface area (Å²) in [6.07, 6.45) is 4.59. The molecule has 196 valence electrons. The van der Waals surface area contributed by atoms with E-state index in [1.165, 1.54) is 31.6 Å². The molecule has 0 saturated carbocycles. The van der Waals surface area contributed by atoms with E-state index in [2.05, 4.69) is 20.6 Å². The maximum atomic E-state index is 14.7. The van der Waals surface area contributed by atoms with Gasteiger partial charge >= 0.3 is 0 Å². The SMILES string of the molecule is COc1ccc(-c2cnc3c(Nc4ccc(C(=O)NCCOCCN)c(C)c4)nccn23)c(F)c1F.Cl. The van der Waals surface area contributed by atoms with Crippen LogP contribution in [0.15, 0.2) is 48.9 Å². The molecule has 0 bridgehead atoms. The summed E-state index contributed by atoms with van der Waals surface area (Å²) in [6.45, 7) is 3.47. The number of rotatable bonds is 10. The number of aromatic nitrogens is 3. The number of methoxy groups -OCH3 is 1. The van der Waals surface area contributed by atoms with Crippen molar-refractivity contribution < 1.29 is 23.0 Å². The van der Waals surface area contributed by atoms with Crippen LogP contribution in [0.1, 0.15) is 15.9 Å². The van der Waals surface area contributed by atoms with Crippen molar-refractivity contribution in [1.82, 2.24) is 19.7 Å². The molecule has 4 N–H and O–H groups in total. The van der Waals surface area contributed by atoms with Crippen LogP contribution in [0, 0.1) is 18.6 Å². The normalized spacial score (nSPS) is 10.7. The highest BCUT2D eigenvalue weighted by Gasteiger charge is 2.19. The van der Waals surface area contributed by atoms with Crippen molar-refractivity contribution in [3.05, 3.63) is 71.7 Å². The lowest BCUT2D eigenvalue weighted by Crippen LogP contribution is -2.28. The van der Waals surface area contributed by atoms with E-state index in [0.717, 1.165) is 5.56 Å². The topological polar surface area (TPSA) is 116 Å². The summed E-state index contributed by atoms with van der Waals surface area (Å²) < 4.78 is 40.7. The zero-order valence-corrected chi connectivity index (χ0v) is 21.1. The van der Waals surface area contributed by atoms with E-state index in [-0.39, 0.29) is 29.6 Å². The third-order valence-electron chi connectivity index (χ3n) is 5.50. The molecule has 0 fully saturated rings. The molecule has 0 atom stereocenters. The van der Waals surface area contributed by atoms with Gasteiger partial charge in [-0.05, 0) is 42.8 Å². The fourth-order valence-electron chi connectivity index (χ4n) is 3.74. The molecule has 0 aliphatic carbocycles. The molecule has 2 aromatic heterocycles. The number of nitrogens with zero attached hydrogens (tertiary/aromatic N) is 3. The number of halogens is 3. The molecule has 9 nitrogen and oxygen atoms in total. The molecule has 37 heavy (non-hydrogen) atoms. The Hall–Kier alpha value is -3.80. The number of hydrogen-bond donors (Lipinski definition) is 3. The quantitative estimate of drug-likeness (QED) is 0.266. The van der Waals surface area contributed by atoms with Crippen LogP contribution in [0.2, 0.25) is 0 Å². The lowest BCUT2D eigenvalue weighted by Gasteiger charge is -2.12. The summed E-state index contributed by atoms with van der Waals surface area (Å²) in [4.78, 5) is 21.2. The third-order valence-corrected chi connectivity index (χ3v) is 5.50. The summed E-state index contributed by atoms with van der Waals surface area (Å²) >= 11 is 0. The molecule has 0 radical (unpaired) electrons. The minimum absolute atomic E-state index is 0. The molecule has 0 saturated heterocycles. The molecule has 4 aromatic rings. The lowest BCUT2D eigenvalue weighted by atomic mass is 10.1. The van der Waals surface area contributed by atoms with Crippen LogP contribution in [-0.4, -0.2) is 53.7 Å². The van der Waals surface area contributed by atoms with Gasteiger partial charge in [0.15, 0.2) is 23.0 Å². The first-order chi connectivity index (χ1) is 17.4. The van der Waals surface area contributed by atoms with E-state index < -0.39 is 11.6 Å². The van der Waals surface area contributed by atoms with Gasteiger partial charge in [-0.3, -0.25) is 9.20 Å². The molecule has 2 aromatic carbocycles. The number of ether oxygens (including phenoxy) is 2. The van der Waals surface area contributed by atoms with Crippen LogP contribution in [0.4, 0.5) is 20.3 Å². The van der Waals surface area contributed by atoms with Crippen molar-refractivity contribution in [3.63, 3.8) is 0 Å². The zero-order valence-electron chi connectivity index (χ0n) is 20.3. The Bertz CT molecular complexity index is 1400. The van der Waals surface area contributed by atoms with Crippen molar-refractivity contribution in [2.24, 2.45) is 5.73 Å². The number of imidazole rings is 1. The number of aryl methyl sites for hydroxylation is 1. The van der Waals surface area contributed by atoms with Crippen LogP contribution < -0.4 is 21.1 Å². The lowest BCUT2D eigenvalue weighted by molar-refractivity contribution is 0.0919. The molecule has 0 aliphatic heterocycles. The van der Waals surface area contributed by atoms with Crippen LogP contribution in [0.3, 0.4) is 0 Å². The van der Waals surface area contributed by atoms with Gasteiger partial charge in [0, 0.05) is 42.3 Å². The molecular formula is C25H27ClF2N6O3. The second kappa shape index (κ2) is 12.4. The van der Waals surface area contributed by atoms with Crippen LogP contribution in [0.25, 0.3) is 16.9 Å². The highest BCUT2D eigenvalue weighted by molar-refractivity contribution is 5.96. The summed E-state index contributed by atoms with van der Waals surface area (Å²) in [5, 5.41) is 5.99. The van der Waals surface area contributed by atoms with Crippen LogP contribution in [0.5, 0.6) is 5.75 Å². The third kappa shape index (κ3) is 5.96. The second-order valence-electron chi connectivity index (χ2n) is 7.87. The first kappa shape index (κ1) is 27.8. The molecule has 4 rings (SSSR count). The van der Waals surface area contributed by atoms with Crippen molar-refractivity contribution >= 4 is 35.5 Å². The van der Waals surface area contributed by atoms with E-state index >= 15 is 0 Å². The predicted octanol–water partition coefficient (Wildman–Crippen LogP) is 3.86. The first-order valence-corrected chi connectivity index (χ1v) is 11.2. The predicted molar refractivity (Wildman–Crippen MR) is 139 cm³/mol. The van der Waals surface area contributed by atoms with Crippen molar-refractivity contribution in [2.45, 2.75) is 6.92 Å². The minimum atomic E-state index is -1.07. The molecule has 0 spiro atoms. The van der Waals surface area contributed by atoms with Gasteiger partial charge in [-0.1, -0.05) is 0 Å². The molecule has 12 heteroatoms. The number of carbonyl (C=O) groups excluding carboxylic acids is 1. The number of benzene rings is 2. The van der Waals surface area contributed by atoms with Crippen LogP contribution in [-0.2, 0) is 4.74 Å². The molecule has 2 heterocycles. The van der Waals surface area contributed by atoms with Gasteiger partial charge < -0.3 is 25.8 Å². The fourth-order valence-corrected chi connectivity index (χ4v) is 3.74. The number of hydrogen-bond acceptors (Lipinski definition) is 7. The number of anilines is 2. The monoisotopic (exact) mass is 532 g/mol. The molecular weight excluding hydrogens is 506 g/mol. The average Bonchev–Trinajstić information content (AvgIpc) is 3.30. The Balaban J connectivity index is 0.00000380. The molecule has 0 aliphatic rings. The summed E-state index contributed by atoms with van der Waals surface area (Å²) in [6, 6.07) is 8.07. The van der Waals surface area contributed by atoms with E-state index in [4.69, 9.17) is 15.2 Å². The van der Waals surface area contributed by atoms with Gasteiger partial charge in [0.2, 0.25) is 5.82 Å². The van der Waals surface area contributed by atoms with Crippen LogP contribution >= 0.6 is 12.4 Å². The zero-order chi connectivity index (χ0) is 25.7. The first-order valence-electron chi connectivity index (χ1n) is 11.2. The van der Waals surface area contributed by atoms with Gasteiger partial charge in [-0.2, -0.15) is 4.39 Å². The van der Waals surface area contributed by atoms with Gasteiger partial charge in [0.1, 0.15) is 0 Å². The van der Waals surface area contributed by atoms with Crippen molar-refractivity contribution in [3.8, 4) is 17.0 Å². The number of nitrogens with one attached hydrogen (secondary N) is 2. The summed E-state index contributed by atoms with van der Waals surface area (Å²) in [5.74, 6) is -2.08. The summed E-state index contributed by atoms with van der Waals surface area (Å²) in [5.41, 5.74) is 8.15. The number of fused-ring (bicyclic) bond motifs is 1. The van der Waals surface area contributed by atoms with Gasteiger partial charge in [0.05, 0.1) is 32.2 Å². The maximum Gasteiger partial charge on any atom is 0.251 e. The van der Waals surface area contributed by atoms with Crippen molar-refractivity contribution in [2.75, 3.05) is 38.7 Å². The highest BCUT2D eigenvalue weighted by atomic mass is 35.5. The molecule has 1 amide bonds. The Morgan fingerprint density at radius 3 is 2.68 bits per heavy atom. The standard InChI is InChI=1S/C25H26F2N6O3.ClH/c1-15-13-16(3-4-17(15)25(34)30-9-12-36-11-7-28)32-23-24-31-14-19(33(24)10-8-29-23)18-5-6-20(35-2)22(27)21(18)26;/h3-6,8,10,13-14H,7,9,11-12,28H2,1-2H3,(H,29,32)(H,30,34);1H. The largest absolute Gasteiger partial charge is 0.494 e. The Morgan fingerprint density at radius 2 is 1.95 bits per heavy atom. The van der Waals surface area contributed by atoms with Crippen molar-refractivity contribution in [1.29, 1.82) is 0 Å². The average molecular weight is 533 g/mol. The summed E-state index contributed by atoms with van der Waals surface area (Å²) in [7, 11) is 1.27. The van der Waals surface area contributed by atoms with Gasteiger partial charge in [0.25, 0.3) is 5.91 Å². The minimum Gasteiger partial charge on any atom is -0.494 e. The second-order valence-corrected chi connectivity index (χ2v) is 7.87. The van der Waals surface area contributed by atoms with E-state index in [1.54, 1.807) is 22.7 Å². The number of nitrogens with two attached hydrogens (primary N) is 1. The van der Waals surface area contributed by atoms with Gasteiger partial charge in [-0.15, -0.1) is 12.4 Å². The highest BCUT2D eigenvalue weighted by Crippen LogP contribution is 2.31. The van der Waals surface area contributed by atoms with Gasteiger partial charge in [-0.25, -0.2) is 14.4 Å². The van der Waals surface area contributed by atoms with E-state index in [1.807, 2.05) is 13.0 Å². The Morgan fingerprint density at radius 1 is 1.14 bits per heavy atom. The van der Waals surface area contributed by atoms with E-state index in [9.17, 15) is 13.6 Å². The van der Waals surface area contributed by atoms with E-state index in [0.29, 0.717) is 54.7 Å². The molecule has 0 unspecified atom stereocenters. The fraction of sp³-hybridized carbons (Fsp3) is 0.240. The number of amides is 1. The number of carbonyl (C=O) groups is 1. The Labute approximate surface area is 218 Å². The maximum absolute atomic E-state index is 14.7. The Kier molecular flexibility index (Phi) is 9.34.